The van der Waals surface area contributed by atoms with Gasteiger partial charge >= 0.3 is 56.2 Å². The Morgan fingerprint density at radius 2 is 1.20 bits per heavy atom. The molecule has 0 atom stereocenters. The van der Waals surface area contributed by atoms with Crippen molar-refractivity contribution in [2.75, 3.05) is 0 Å². The topological polar surface area (TPSA) is 0 Å². The predicted octanol–water partition coefficient (Wildman–Crippen LogP) is -2.04. The molecule has 4 heteroatoms. The molecule has 0 radical (unpaired) electrons. The molecular formula is CH3BrCuIMg. The van der Waals surface area contributed by atoms with Gasteiger partial charge in [0.25, 0.3) is 0 Å². The second kappa shape index (κ2) is 31.5. The molecule has 5 heavy (non-hydrogen) atoms. The molecule has 0 fully saturated rings. The van der Waals surface area contributed by atoms with Gasteiger partial charge < -0.3 is 24.4 Å². The summed E-state index contributed by atoms with van der Waals surface area (Å²) in [5, 5.41) is 0. The first-order valence-corrected chi connectivity index (χ1v) is 3.15. The molecule has 0 saturated carbocycles. The quantitative estimate of drug-likeness (QED) is 0.275. The first-order chi connectivity index (χ1) is 1.00. The summed E-state index contributed by atoms with van der Waals surface area (Å²) in [6.45, 7) is 0. The van der Waals surface area contributed by atoms with Gasteiger partial charge in [0.2, 0.25) is 0 Å². The van der Waals surface area contributed by atoms with Gasteiger partial charge in [0, 0.05) is 0 Å². The zero-order valence-corrected chi connectivity index (χ0v) is 8.86. The average molecular weight is 310 g/mol. The second-order valence-corrected chi connectivity index (χ2v) is 0. The van der Waals surface area contributed by atoms with Crippen molar-refractivity contribution in [3.8, 4) is 0 Å². The van der Waals surface area contributed by atoms with Crippen LogP contribution in [-0.4, -0.2) is 23.1 Å². The number of rotatable bonds is 0. The van der Waals surface area contributed by atoms with Crippen LogP contribution in [0, 0.1) is 7.43 Å². The van der Waals surface area contributed by atoms with Gasteiger partial charge in [-0.15, -0.1) is 0 Å². The van der Waals surface area contributed by atoms with Crippen molar-refractivity contribution in [3.63, 3.8) is 0 Å². The molecule has 0 nitrogen and oxygen atoms in total. The van der Waals surface area contributed by atoms with E-state index in [2.05, 4.69) is 12.8 Å². The Balaban J connectivity index is -0.00000000167. The Labute approximate surface area is 79.3 Å². The summed E-state index contributed by atoms with van der Waals surface area (Å²) in [5.74, 6) is 0. The third kappa shape index (κ3) is 21.1. The van der Waals surface area contributed by atoms with Crippen molar-refractivity contribution in [1.82, 2.24) is 0 Å². The van der Waals surface area contributed by atoms with Crippen molar-refractivity contribution in [3.05, 3.63) is 7.43 Å². The van der Waals surface area contributed by atoms with Gasteiger partial charge in [0.15, 0.2) is 0 Å². The van der Waals surface area contributed by atoms with Crippen molar-refractivity contribution in [2.24, 2.45) is 0 Å². The van der Waals surface area contributed by atoms with E-state index in [0.29, 0.717) is 0 Å². The smallest absolute Gasteiger partial charge is 2.00 e. The molecule has 0 aromatic rings. The first kappa shape index (κ1) is 25.9. The molecule has 0 spiro atoms. The molecule has 0 aliphatic heterocycles. The Morgan fingerprint density at radius 1 is 1.20 bits per heavy atom. The summed E-state index contributed by atoms with van der Waals surface area (Å²) in [4.78, 5) is 0. The van der Waals surface area contributed by atoms with E-state index in [9.17, 15) is 0 Å². The van der Waals surface area contributed by atoms with E-state index in [-0.39, 0.29) is 47.5 Å². The molecule has 0 unspecified atom stereocenters. The van der Waals surface area contributed by atoms with Crippen LogP contribution in [-0.2, 0) is 12.8 Å². The second-order valence-electron chi connectivity index (χ2n) is 0. The van der Waals surface area contributed by atoms with Crippen molar-refractivity contribution < 1.29 is 29.7 Å². The van der Waals surface area contributed by atoms with Crippen LogP contribution in [0.25, 0.3) is 0 Å². The van der Waals surface area contributed by atoms with Crippen LogP contribution in [0.15, 0.2) is 0 Å². The summed E-state index contributed by atoms with van der Waals surface area (Å²) in [6, 6.07) is 0. The maximum atomic E-state index is 4.16. The molecule has 0 aromatic heterocycles. The monoisotopic (exact) mass is 308 g/mol. The van der Waals surface area contributed by atoms with Crippen LogP contribution in [0.5, 0.6) is 0 Å². The Hall–Kier alpha value is 2.50. The van der Waals surface area contributed by atoms with Crippen LogP contribution < -0.4 is 17.0 Å². The summed E-state index contributed by atoms with van der Waals surface area (Å²) in [5.41, 5.74) is 0. The largest absolute Gasteiger partial charge is 2.00 e. The van der Waals surface area contributed by atoms with Gasteiger partial charge in [-0.05, 0) is 0 Å². The number of halogens is 2. The number of hydrogen-bond donors (Lipinski definition) is 0. The van der Waals surface area contributed by atoms with E-state index in [4.69, 9.17) is 0 Å². The fourth-order valence-electron chi connectivity index (χ4n) is 0. The van der Waals surface area contributed by atoms with Gasteiger partial charge in [-0.25, -0.2) is 0 Å². The first-order valence-electron chi connectivity index (χ1n) is 0.114. The zero-order valence-electron chi connectivity index (χ0n) is 2.76. The predicted molar refractivity (Wildman–Crippen MR) is 26.2 cm³/mol. The molecule has 0 aliphatic rings. The maximum Gasteiger partial charge on any atom is 2.00 e. The summed E-state index contributed by atoms with van der Waals surface area (Å²) < 4.78 is 0. The molecule has 0 amide bonds. The minimum Gasteiger partial charge on any atom is 2.00 e. The van der Waals surface area contributed by atoms with Crippen LogP contribution in [0.1, 0.15) is 0 Å². The van der Waals surface area contributed by atoms with Gasteiger partial charge in [0.1, 0.15) is 0 Å². The van der Waals surface area contributed by atoms with Crippen molar-refractivity contribution in [1.29, 1.82) is 0 Å². The third-order valence-corrected chi connectivity index (χ3v) is 0. The molecule has 34 valence electrons. The van der Waals surface area contributed by atoms with E-state index in [0.717, 1.165) is 0 Å². The van der Waals surface area contributed by atoms with Gasteiger partial charge in [-0.3, -0.25) is 0 Å². The average Bonchev–Trinajstić information content (AvgIpc) is 1.00. The number of hydrogen-bond acceptors (Lipinski definition) is 0. The van der Waals surface area contributed by atoms with Gasteiger partial charge in [0.05, 0.1) is 0 Å². The minimum absolute atomic E-state index is 0. The molecule has 0 bridgehead atoms. The van der Waals surface area contributed by atoms with Crippen LogP contribution in [0.3, 0.4) is 0 Å². The normalized spacial score (nSPS) is 1.40. The maximum absolute atomic E-state index is 4.16. The Bertz CT molecular complexity index is 11.6. The Kier molecular flexibility index (Phi) is 163. The molecule has 0 N–H and O–H groups in total. The third-order valence-electron chi connectivity index (χ3n) is 0. The SMILES string of the molecule is [Br-].[CH3-].[Cu][I].[Mg+2]. The molecule has 0 aliphatic carbocycles. The minimum atomic E-state index is 0. The van der Waals surface area contributed by atoms with E-state index in [1.165, 1.54) is 0 Å². The van der Waals surface area contributed by atoms with Gasteiger partial charge in [-0.1, -0.05) is 0 Å². The van der Waals surface area contributed by atoms with Crippen LogP contribution in [0.2, 0.25) is 0 Å². The fraction of sp³-hybridized carbons (Fsp3) is 0. The zero-order chi connectivity index (χ0) is 2.00. The van der Waals surface area contributed by atoms with Crippen LogP contribution >= 0.6 is 20.3 Å². The van der Waals surface area contributed by atoms with Gasteiger partial charge in [-0.2, -0.15) is 0 Å². The Morgan fingerprint density at radius 3 is 1.20 bits per heavy atom. The molecule has 0 saturated heterocycles. The molecule has 0 aromatic carbocycles. The summed E-state index contributed by atoms with van der Waals surface area (Å²) in [7, 11) is 0. The molecule has 0 rings (SSSR count). The molecule has 0 heterocycles. The standard InChI is InChI=1S/CH3.BrH.Cu.HI.Mg/h1H3;1H;;1H;/q-1;;+1;;+2/p-2. The van der Waals surface area contributed by atoms with Crippen LogP contribution in [0.4, 0.5) is 0 Å². The van der Waals surface area contributed by atoms with E-state index >= 15 is 0 Å². The van der Waals surface area contributed by atoms with E-state index in [1.54, 1.807) is 20.3 Å². The summed E-state index contributed by atoms with van der Waals surface area (Å²) in [6.07, 6.45) is 0. The van der Waals surface area contributed by atoms with Crippen molar-refractivity contribution in [2.45, 2.75) is 0 Å². The fourth-order valence-corrected chi connectivity index (χ4v) is 0. The van der Waals surface area contributed by atoms with E-state index in [1.807, 2.05) is 0 Å². The van der Waals surface area contributed by atoms with Crippen molar-refractivity contribution >= 4 is 43.4 Å². The van der Waals surface area contributed by atoms with E-state index < -0.39 is 0 Å². The summed E-state index contributed by atoms with van der Waals surface area (Å²) >= 11 is 5.87. The molecular weight excluding hydrogens is 307 g/mol.